The molecule has 0 radical (unpaired) electrons. The molecule has 0 saturated carbocycles. The minimum Gasteiger partial charge on any atom is -0.493 e. The quantitative estimate of drug-likeness (QED) is 0.489. The molecule has 0 aromatic heterocycles. The van der Waals surface area contributed by atoms with E-state index in [4.69, 9.17) is 14.2 Å². The van der Waals surface area contributed by atoms with Crippen molar-refractivity contribution in [2.45, 2.75) is 32.1 Å². The third-order valence-electron chi connectivity index (χ3n) is 4.07. The maximum atomic E-state index is 10.8. The van der Waals surface area contributed by atoms with Gasteiger partial charge in [0.25, 0.3) is 0 Å². The van der Waals surface area contributed by atoms with Crippen molar-refractivity contribution < 1.29 is 19.0 Å². The Balaban J connectivity index is 3.18. The van der Waals surface area contributed by atoms with Gasteiger partial charge in [0.05, 0.1) is 25.2 Å². The van der Waals surface area contributed by atoms with Gasteiger partial charge in [-0.25, -0.2) is 0 Å². The maximum absolute atomic E-state index is 10.8. The van der Waals surface area contributed by atoms with E-state index in [9.17, 15) is 10.1 Å². The second kappa shape index (κ2) is 9.16. The largest absolute Gasteiger partial charge is 0.493 e. The Morgan fingerprint density at radius 2 is 2.00 bits per heavy atom. The van der Waals surface area contributed by atoms with Crippen LogP contribution in [0.2, 0.25) is 0 Å². The molecule has 5 nitrogen and oxygen atoms in total. The minimum atomic E-state index is -0.723. The molecule has 1 unspecified atom stereocenters. The Kier molecular flexibility index (Phi) is 7.56. The van der Waals surface area contributed by atoms with Gasteiger partial charge in [0.15, 0.2) is 11.5 Å². The topological polar surface area (TPSA) is 68.5 Å². The van der Waals surface area contributed by atoms with E-state index in [1.54, 1.807) is 20.3 Å². The smallest absolute Gasteiger partial charge is 0.161 e. The lowest BCUT2D eigenvalue weighted by atomic mass is 9.70. The fourth-order valence-corrected chi connectivity index (χ4v) is 2.60. The van der Waals surface area contributed by atoms with E-state index < -0.39 is 5.41 Å². The van der Waals surface area contributed by atoms with Crippen LogP contribution in [0.25, 0.3) is 0 Å². The molecule has 0 saturated heterocycles. The molecule has 1 aromatic rings. The molecule has 0 aliphatic heterocycles. The van der Waals surface area contributed by atoms with Gasteiger partial charge in [-0.1, -0.05) is 19.9 Å². The number of benzene rings is 1. The highest BCUT2D eigenvalue weighted by Gasteiger charge is 2.36. The Labute approximate surface area is 138 Å². The monoisotopic (exact) mass is 319 g/mol. The molecular formula is C18H25NO4. The van der Waals surface area contributed by atoms with Crippen LogP contribution in [0, 0.1) is 17.2 Å². The highest BCUT2D eigenvalue weighted by atomic mass is 16.5. The first-order valence-corrected chi connectivity index (χ1v) is 7.70. The minimum absolute atomic E-state index is 0.0671. The molecule has 0 spiro atoms. The van der Waals surface area contributed by atoms with Crippen molar-refractivity contribution in [2.75, 3.05) is 27.4 Å². The second-order valence-electron chi connectivity index (χ2n) is 5.65. The standard InChI is InChI=1S/C18H25NO4/c1-14(2)18(13-19,8-5-9-20)15-6-7-16(17(12-15)22-4)23-11-10-21-3/h6-7,9,12,14H,5,8,10-11H2,1-4H3. The highest BCUT2D eigenvalue weighted by Crippen LogP contribution is 2.40. The number of carbonyl (C=O) groups excluding carboxylic acids is 1. The summed E-state index contributed by atoms with van der Waals surface area (Å²) in [5, 5.41) is 9.78. The SMILES string of the molecule is COCCOc1ccc(C(C#N)(CCC=O)C(C)C)cc1OC. The van der Waals surface area contributed by atoms with Gasteiger partial charge in [-0.05, 0) is 30.0 Å². The number of rotatable bonds is 10. The Hall–Kier alpha value is -2.06. The van der Waals surface area contributed by atoms with Crippen molar-refractivity contribution in [2.24, 2.45) is 5.92 Å². The number of nitrogens with zero attached hydrogens (tertiary/aromatic N) is 1. The van der Waals surface area contributed by atoms with Gasteiger partial charge >= 0.3 is 0 Å². The summed E-state index contributed by atoms with van der Waals surface area (Å²) in [6.07, 6.45) is 1.69. The van der Waals surface area contributed by atoms with Crippen molar-refractivity contribution in [3.8, 4) is 17.6 Å². The summed E-state index contributed by atoms with van der Waals surface area (Å²) in [5.41, 5.74) is 0.118. The number of carbonyl (C=O) groups is 1. The summed E-state index contributed by atoms with van der Waals surface area (Å²) >= 11 is 0. The zero-order chi connectivity index (χ0) is 17.3. The molecule has 0 aliphatic rings. The average Bonchev–Trinajstić information content (AvgIpc) is 2.56. The van der Waals surface area contributed by atoms with Crippen LogP contribution in [0.1, 0.15) is 32.3 Å². The van der Waals surface area contributed by atoms with Gasteiger partial charge in [0, 0.05) is 13.5 Å². The summed E-state index contributed by atoms with van der Waals surface area (Å²) in [6.45, 7) is 4.89. The highest BCUT2D eigenvalue weighted by molar-refractivity contribution is 5.52. The molecule has 1 rings (SSSR count). The molecule has 0 amide bonds. The van der Waals surface area contributed by atoms with E-state index in [0.29, 0.717) is 37.6 Å². The van der Waals surface area contributed by atoms with Gasteiger partial charge < -0.3 is 19.0 Å². The number of aldehydes is 1. The predicted octanol–water partition coefficient (Wildman–Crippen LogP) is 3.12. The van der Waals surface area contributed by atoms with Gasteiger partial charge in [-0.3, -0.25) is 0 Å². The van der Waals surface area contributed by atoms with Crippen LogP contribution in [0.4, 0.5) is 0 Å². The molecule has 23 heavy (non-hydrogen) atoms. The van der Waals surface area contributed by atoms with Crippen molar-refractivity contribution in [3.63, 3.8) is 0 Å². The van der Waals surface area contributed by atoms with Crippen LogP contribution >= 0.6 is 0 Å². The Bertz CT molecular complexity index is 550. The van der Waals surface area contributed by atoms with Gasteiger partial charge in [-0.2, -0.15) is 5.26 Å². The molecular weight excluding hydrogens is 294 g/mol. The zero-order valence-electron chi connectivity index (χ0n) is 14.3. The van der Waals surface area contributed by atoms with E-state index >= 15 is 0 Å². The Morgan fingerprint density at radius 3 is 2.52 bits per heavy atom. The lowest BCUT2D eigenvalue weighted by Gasteiger charge is -2.31. The number of hydrogen-bond donors (Lipinski definition) is 0. The molecule has 126 valence electrons. The van der Waals surface area contributed by atoms with Crippen LogP contribution < -0.4 is 9.47 Å². The first-order chi connectivity index (χ1) is 11.1. The third-order valence-corrected chi connectivity index (χ3v) is 4.07. The molecule has 1 atom stereocenters. The summed E-state index contributed by atoms with van der Waals surface area (Å²) in [6, 6.07) is 7.92. The van der Waals surface area contributed by atoms with Gasteiger partial charge in [0.2, 0.25) is 0 Å². The van der Waals surface area contributed by atoms with E-state index in [1.165, 1.54) is 0 Å². The zero-order valence-corrected chi connectivity index (χ0v) is 14.3. The first kappa shape index (κ1) is 19.0. The lowest BCUT2D eigenvalue weighted by molar-refractivity contribution is -0.108. The fraction of sp³-hybridized carbons (Fsp3) is 0.556. The number of nitriles is 1. The second-order valence-corrected chi connectivity index (χ2v) is 5.65. The fourth-order valence-electron chi connectivity index (χ4n) is 2.60. The summed E-state index contributed by atoms with van der Waals surface area (Å²) in [5.74, 6) is 1.25. The molecule has 0 heterocycles. The van der Waals surface area contributed by atoms with Gasteiger partial charge in [-0.15, -0.1) is 0 Å². The molecule has 0 fully saturated rings. The average molecular weight is 319 g/mol. The van der Waals surface area contributed by atoms with E-state index in [1.807, 2.05) is 26.0 Å². The van der Waals surface area contributed by atoms with Crippen molar-refractivity contribution >= 4 is 6.29 Å². The van der Waals surface area contributed by atoms with Crippen LogP contribution in [-0.4, -0.2) is 33.7 Å². The first-order valence-electron chi connectivity index (χ1n) is 7.70. The number of methoxy groups -OCH3 is 2. The Morgan fingerprint density at radius 1 is 1.26 bits per heavy atom. The van der Waals surface area contributed by atoms with Crippen LogP contribution in [0.3, 0.4) is 0 Å². The third kappa shape index (κ3) is 4.46. The molecule has 0 bridgehead atoms. The number of ether oxygens (including phenoxy) is 3. The van der Waals surface area contributed by atoms with Crippen molar-refractivity contribution in [1.82, 2.24) is 0 Å². The van der Waals surface area contributed by atoms with E-state index in [2.05, 4.69) is 6.07 Å². The predicted molar refractivity (Wildman–Crippen MR) is 87.8 cm³/mol. The van der Waals surface area contributed by atoms with Crippen molar-refractivity contribution in [1.29, 1.82) is 5.26 Å². The van der Waals surface area contributed by atoms with E-state index in [-0.39, 0.29) is 5.92 Å². The van der Waals surface area contributed by atoms with Gasteiger partial charge in [0.1, 0.15) is 12.9 Å². The normalized spacial score (nSPS) is 13.2. The number of hydrogen-bond acceptors (Lipinski definition) is 5. The summed E-state index contributed by atoms with van der Waals surface area (Å²) in [4.78, 5) is 10.8. The summed E-state index contributed by atoms with van der Waals surface area (Å²) < 4.78 is 16.0. The van der Waals surface area contributed by atoms with E-state index in [0.717, 1.165) is 11.8 Å². The van der Waals surface area contributed by atoms with Crippen LogP contribution in [0.5, 0.6) is 11.5 Å². The van der Waals surface area contributed by atoms with Crippen LogP contribution in [0.15, 0.2) is 18.2 Å². The summed E-state index contributed by atoms with van der Waals surface area (Å²) in [7, 11) is 3.18. The van der Waals surface area contributed by atoms with Crippen LogP contribution in [-0.2, 0) is 14.9 Å². The molecule has 0 aliphatic carbocycles. The molecule has 1 aromatic carbocycles. The molecule has 0 N–H and O–H groups in total. The van der Waals surface area contributed by atoms with Crippen molar-refractivity contribution in [3.05, 3.63) is 23.8 Å². The lowest BCUT2D eigenvalue weighted by Crippen LogP contribution is -2.31. The molecule has 5 heteroatoms. The maximum Gasteiger partial charge on any atom is 0.161 e.